The Kier molecular flexibility index (Phi) is 5.18. The molecule has 0 bridgehead atoms. The van der Waals surface area contributed by atoms with Crippen LogP contribution in [0.1, 0.15) is 31.4 Å². The first kappa shape index (κ1) is 13.2. The molecule has 0 radical (unpaired) electrons. The van der Waals surface area contributed by atoms with Gasteiger partial charge in [-0.1, -0.05) is 12.1 Å². The van der Waals surface area contributed by atoms with Crippen LogP contribution in [-0.4, -0.2) is 11.5 Å². The van der Waals surface area contributed by atoms with Crippen molar-refractivity contribution in [1.82, 2.24) is 5.32 Å². The Morgan fingerprint density at radius 2 is 2.35 bits per heavy atom. The molecular weight excluding hydrogens is 216 g/mol. The maximum absolute atomic E-state index is 10.6. The third kappa shape index (κ3) is 4.25. The minimum atomic E-state index is -0.380. The summed E-state index contributed by atoms with van der Waals surface area (Å²) in [5.41, 5.74) is 1.04. The zero-order valence-corrected chi connectivity index (χ0v) is 9.85. The summed E-state index contributed by atoms with van der Waals surface area (Å²) in [6.45, 7) is 2.79. The van der Waals surface area contributed by atoms with E-state index in [9.17, 15) is 10.1 Å². The van der Waals surface area contributed by atoms with Gasteiger partial charge >= 0.3 is 0 Å². The van der Waals surface area contributed by atoms with Crippen molar-refractivity contribution in [2.45, 2.75) is 25.8 Å². The van der Waals surface area contributed by atoms with E-state index in [-0.39, 0.29) is 16.7 Å². The van der Waals surface area contributed by atoms with Crippen LogP contribution in [0.15, 0.2) is 24.3 Å². The minimum absolute atomic E-state index is 0.0904. The fourth-order valence-electron chi connectivity index (χ4n) is 1.53. The fraction of sp³-hybridized carbons (Fsp3) is 0.385. The van der Waals surface area contributed by atoms with Crippen LogP contribution in [0.3, 0.4) is 0 Å². The number of benzene rings is 1. The van der Waals surface area contributed by atoms with Gasteiger partial charge in [-0.25, -0.2) is 0 Å². The summed E-state index contributed by atoms with van der Waals surface area (Å²) in [6.07, 6.45) is 6.81. The smallest absolute Gasteiger partial charge is 0.269 e. The molecule has 0 heterocycles. The normalized spacial score (nSPS) is 11.8. The van der Waals surface area contributed by atoms with Crippen molar-refractivity contribution in [1.29, 1.82) is 0 Å². The van der Waals surface area contributed by atoms with E-state index in [4.69, 9.17) is 6.42 Å². The van der Waals surface area contributed by atoms with Gasteiger partial charge in [0.2, 0.25) is 0 Å². The average Bonchev–Trinajstić information content (AvgIpc) is 2.34. The average molecular weight is 232 g/mol. The van der Waals surface area contributed by atoms with E-state index >= 15 is 0 Å². The van der Waals surface area contributed by atoms with Crippen molar-refractivity contribution in [3.63, 3.8) is 0 Å². The summed E-state index contributed by atoms with van der Waals surface area (Å²) < 4.78 is 0. The SMILES string of the molecule is C#CCCCNC(C)c1cccc([N+](=O)[O-])c1. The minimum Gasteiger partial charge on any atom is -0.310 e. The van der Waals surface area contributed by atoms with Gasteiger partial charge in [-0.05, 0) is 25.5 Å². The Morgan fingerprint density at radius 1 is 1.59 bits per heavy atom. The topological polar surface area (TPSA) is 55.2 Å². The van der Waals surface area contributed by atoms with Crippen molar-refractivity contribution in [3.05, 3.63) is 39.9 Å². The first-order valence-electron chi connectivity index (χ1n) is 5.56. The molecule has 0 saturated carbocycles. The standard InChI is InChI=1S/C13H16N2O2/c1-3-4-5-9-14-11(2)12-7-6-8-13(10-12)15(16)17/h1,6-8,10-11,14H,4-5,9H2,2H3. The fourth-order valence-corrected chi connectivity index (χ4v) is 1.53. The summed E-state index contributed by atoms with van der Waals surface area (Å²) in [5.74, 6) is 2.58. The van der Waals surface area contributed by atoms with Crippen LogP contribution in [0.4, 0.5) is 5.69 Å². The lowest BCUT2D eigenvalue weighted by atomic mass is 10.1. The number of nitro groups is 1. The summed E-state index contributed by atoms with van der Waals surface area (Å²) in [5, 5.41) is 13.9. The van der Waals surface area contributed by atoms with Gasteiger partial charge in [-0.2, -0.15) is 0 Å². The molecule has 4 nitrogen and oxygen atoms in total. The number of terminal acetylenes is 1. The number of nitrogens with one attached hydrogen (secondary N) is 1. The van der Waals surface area contributed by atoms with Gasteiger partial charge in [0, 0.05) is 24.6 Å². The molecule has 1 rings (SSSR count). The van der Waals surface area contributed by atoms with Crippen molar-refractivity contribution < 1.29 is 4.92 Å². The Labute approximate surface area is 101 Å². The molecule has 1 aromatic rings. The predicted octanol–water partition coefficient (Wildman–Crippen LogP) is 2.66. The summed E-state index contributed by atoms with van der Waals surface area (Å²) in [4.78, 5) is 10.3. The van der Waals surface area contributed by atoms with E-state index in [1.165, 1.54) is 6.07 Å². The van der Waals surface area contributed by atoms with Crippen molar-refractivity contribution in [3.8, 4) is 12.3 Å². The molecule has 1 unspecified atom stereocenters. The van der Waals surface area contributed by atoms with Crippen LogP contribution >= 0.6 is 0 Å². The Hall–Kier alpha value is -1.86. The van der Waals surface area contributed by atoms with Crippen LogP contribution in [0, 0.1) is 22.5 Å². The summed E-state index contributed by atoms with van der Waals surface area (Å²) in [7, 11) is 0. The highest BCUT2D eigenvalue weighted by molar-refractivity contribution is 5.35. The van der Waals surface area contributed by atoms with Crippen LogP contribution in [0.2, 0.25) is 0 Å². The van der Waals surface area contributed by atoms with Crippen molar-refractivity contribution >= 4 is 5.69 Å². The van der Waals surface area contributed by atoms with E-state index in [1.54, 1.807) is 12.1 Å². The third-order valence-corrected chi connectivity index (χ3v) is 2.53. The lowest BCUT2D eigenvalue weighted by molar-refractivity contribution is -0.384. The maximum atomic E-state index is 10.6. The predicted molar refractivity (Wildman–Crippen MR) is 67.6 cm³/mol. The number of nitrogens with zero attached hydrogens (tertiary/aromatic N) is 1. The third-order valence-electron chi connectivity index (χ3n) is 2.53. The highest BCUT2D eigenvalue weighted by Crippen LogP contribution is 2.18. The highest BCUT2D eigenvalue weighted by Gasteiger charge is 2.09. The second kappa shape index (κ2) is 6.66. The number of hydrogen-bond donors (Lipinski definition) is 1. The molecule has 1 N–H and O–H groups in total. The Balaban J connectivity index is 2.57. The van der Waals surface area contributed by atoms with Gasteiger partial charge in [-0.15, -0.1) is 12.3 Å². The van der Waals surface area contributed by atoms with Gasteiger partial charge in [0.15, 0.2) is 0 Å². The Morgan fingerprint density at radius 3 is 3.00 bits per heavy atom. The molecule has 17 heavy (non-hydrogen) atoms. The van der Waals surface area contributed by atoms with Crippen LogP contribution in [0.5, 0.6) is 0 Å². The van der Waals surface area contributed by atoms with E-state index in [0.29, 0.717) is 0 Å². The number of non-ortho nitro benzene ring substituents is 1. The molecule has 4 heteroatoms. The van der Waals surface area contributed by atoms with Crippen LogP contribution < -0.4 is 5.32 Å². The second-order valence-corrected chi connectivity index (χ2v) is 3.84. The largest absolute Gasteiger partial charge is 0.310 e. The van der Waals surface area contributed by atoms with Gasteiger partial charge < -0.3 is 5.32 Å². The molecule has 0 aliphatic heterocycles. The molecule has 0 spiro atoms. The number of nitro benzene ring substituents is 1. The lowest BCUT2D eigenvalue weighted by Gasteiger charge is -2.13. The molecule has 0 aromatic heterocycles. The van der Waals surface area contributed by atoms with E-state index < -0.39 is 0 Å². The molecule has 0 amide bonds. The first-order chi connectivity index (χ1) is 8.15. The van der Waals surface area contributed by atoms with Gasteiger partial charge in [0.1, 0.15) is 0 Å². The number of hydrogen-bond acceptors (Lipinski definition) is 3. The molecule has 0 fully saturated rings. The van der Waals surface area contributed by atoms with Gasteiger partial charge in [0.25, 0.3) is 5.69 Å². The molecule has 90 valence electrons. The van der Waals surface area contributed by atoms with E-state index in [0.717, 1.165) is 24.9 Å². The monoisotopic (exact) mass is 232 g/mol. The number of unbranched alkanes of at least 4 members (excludes halogenated alkanes) is 1. The molecule has 0 saturated heterocycles. The molecular formula is C13H16N2O2. The quantitative estimate of drug-likeness (QED) is 0.355. The van der Waals surface area contributed by atoms with Crippen LogP contribution in [0.25, 0.3) is 0 Å². The zero-order chi connectivity index (χ0) is 12.7. The molecule has 1 aromatic carbocycles. The molecule has 1 atom stereocenters. The highest BCUT2D eigenvalue weighted by atomic mass is 16.6. The zero-order valence-electron chi connectivity index (χ0n) is 9.85. The summed E-state index contributed by atoms with van der Waals surface area (Å²) in [6, 6.07) is 6.76. The Bertz CT molecular complexity index is 424. The van der Waals surface area contributed by atoms with E-state index in [2.05, 4.69) is 11.2 Å². The van der Waals surface area contributed by atoms with Gasteiger partial charge in [-0.3, -0.25) is 10.1 Å². The second-order valence-electron chi connectivity index (χ2n) is 3.84. The summed E-state index contributed by atoms with van der Waals surface area (Å²) >= 11 is 0. The van der Waals surface area contributed by atoms with Crippen LogP contribution in [-0.2, 0) is 0 Å². The maximum Gasteiger partial charge on any atom is 0.269 e. The van der Waals surface area contributed by atoms with E-state index in [1.807, 2.05) is 13.0 Å². The lowest BCUT2D eigenvalue weighted by Crippen LogP contribution is -2.19. The number of rotatable bonds is 6. The van der Waals surface area contributed by atoms with Crippen molar-refractivity contribution in [2.75, 3.05) is 6.54 Å². The van der Waals surface area contributed by atoms with Crippen molar-refractivity contribution in [2.24, 2.45) is 0 Å². The molecule has 0 aliphatic carbocycles. The first-order valence-corrected chi connectivity index (χ1v) is 5.56. The molecule has 0 aliphatic rings. The van der Waals surface area contributed by atoms with Gasteiger partial charge in [0.05, 0.1) is 4.92 Å².